The molecule has 0 fully saturated rings. The van der Waals surface area contributed by atoms with Gasteiger partial charge in [0.05, 0.1) is 55.9 Å². The minimum absolute atomic E-state index is 0.949. The number of aromatic amines is 1. The molecule has 23 rings (SSSR count). The van der Waals surface area contributed by atoms with Crippen molar-refractivity contribution in [3.63, 3.8) is 0 Å². The normalized spacial score (nSPS) is 11.7. The second-order valence-corrected chi connectivity index (χ2v) is 24.3. The first-order chi connectivity index (χ1) is 49.6. The standard InChI is InChI=1S/C24H14.C13H9N.C12H8N2.2C9H7N.C8H6N2.C8H7N.C8H6O/c1-2-14-5-6-16-9-11-18-12-10-17-8-7-15-4-3-13(1)19-20(14)22(16)24(18)23(17)21(15)19;1-3-7-12-10(5-1)9-11-6-2-4-8-13(11)14-12;1-2-6-10-9(5-1)13-11-7-3-4-8-12(11)14-10;1-2-6-9-8(4-1)5-3-7-10-9;1-2-4-9-7-10-6-5-8(9)3-1;1-2-4-8-7(3-1)9-5-6-10-8;2*1-2-4-8-7(3-1)5-6-9-8/h1-9,12H,10-11H2;1-9H;1-8H;2*1-7H;1-6H;1-6,9H;1-6H. The van der Waals surface area contributed by atoms with E-state index in [1.165, 1.54) is 103 Å². The van der Waals surface area contributed by atoms with Gasteiger partial charge in [-0.2, -0.15) is 0 Å². The minimum atomic E-state index is 0.949. The number of pyridine rings is 3. The number of benzene rings is 14. The second kappa shape index (κ2) is 28.5. The van der Waals surface area contributed by atoms with E-state index >= 15 is 0 Å². The molecule has 0 radical (unpaired) electrons. The molecule has 9 heteroatoms. The number of fused-ring (bicyclic) bond motifs is 9. The van der Waals surface area contributed by atoms with Crippen molar-refractivity contribution in [2.45, 2.75) is 12.8 Å². The summed E-state index contributed by atoms with van der Waals surface area (Å²) >= 11 is 0. The maximum Gasteiger partial charge on any atom is 0.133 e. The van der Waals surface area contributed by atoms with Gasteiger partial charge >= 0.3 is 0 Å². The van der Waals surface area contributed by atoms with Crippen molar-refractivity contribution in [1.29, 1.82) is 0 Å². The van der Waals surface area contributed by atoms with Crippen LogP contribution in [0.1, 0.15) is 17.5 Å². The molecule has 2 aliphatic rings. The molecule has 9 nitrogen and oxygen atoms in total. The van der Waals surface area contributed by atoms with Crippen LogP contribution in [0.15, 0.2) is 357 Å². The van der Waals surface area contributed by atoms with E-state index in [0.717, 1.165) is 73.5 Å². The van der Waals surface area contributed by atoms with Crippen LogP contribution in [0.3, 0.4) is 0 Å². The molecule has 100 heavy (non-hydrogen) atoms. The highest BCUT2D eigenvalue weighted by Gasteiger charge is 2.25. The Morgan fingerprint density at radius 2 is 0.770 bits per heavy atom. The molecule has 0 amide bonds. The molecule has 1 N–H and O–H groups in total. The quantitative estimate of drug-likeness (QED) is 0.118. The summed E-state index contributed by atoms with van der Waals surface area (Å²) in [7, 11) is 0. The number of aromatic nitrogens is 8. The zero-order valence-corrected chi connectivity index (χ0v) is 54.5. The first-order valence-corrected chi connectivity index (χ1v) is 33.5. The summed E-state index contributed by atoms with van der Waals surface area (Å²) < 4.78 is 5.12. The first kappa shape index (κ1) is 61.5. The van der Waals surface area contributed by atoms with Crippen molar-refractivity contribution in [2.75, 3.05) is 0 Å². The number of furan rings is 1. The number of nitrogens with one attached hydrogen (secondary N) is 1. The van der Waals surface area contributed by atoms with Crippen LogP contribution in [0.2, 0.25) is 0 Å². The van der Waals surface area contributed by atoms with Crippen LogP contribution in [-0.4, -0.2) is 39.9 Å². The molecule has 21 aromatic rings. The number of hydrogen-bond donors (Lipinski definition) is 1. The van der Waals surface area contributed by atoms with Crippen LogP contribution in [-0.2, 0) is 6.42 Å². The third-order valence-electron chi connectivity index (χ3n) is 18.1. The average molecular weight is 1290 g/mol. The molecule has 7 heterocycles. The van der Waals surface area contributed by atoms with Crippen molar-refractivity contribution in [2.24, 2.45) is 0 Å². The molecule has 0 unspecified atom stereocenters. The van der Waals surface area contributed by atoms with Crippen molar-refractivity contribution in [3.05, 3.63) is 369 Å². The summed E-state index contributed by atoms with van der Waals surface area (Å²) in [4.78, 5) is 33.2. The molecule has 0 spiro atoms. The number of nitrogens with zero attached hydrogens (tertiary/aromatic N) is 7. The fourth-order valence-corrected chi connectivity index (χ4v) is 13.3. The summed E-state index contributed by atoms with van der Waals surface area (Å²) in [5, 5.41) is 21.5. The van der Waals surface area contributed by atoms with Crippen LogP contribution in [0.4, 0.5) is 0 Å². The van der Waals surface area contributed by atoms with Gasteiger partial charge in [0, 0.05) is 64.2 Å². The number of para-hydroxylation sites is 11. The van der Waals surface area contributed by atoms with E-state index in [1.807, 2.05) is 219 Å². The monoisotopic (exact) mass is 1280 g/mol. The van der Waals surface area contributed by atoms with Crippen molar-refractivity contribution in [3.8, 4) is 0 Å². The Labute approximate surface area is 576 Å². The molecular formula is C91H64N8O. The Morgan fingerprint density at radius 1 is 0.290 bits per heavy atom. The van der Waals surface area contributed by atoms with Crippen LogP contribution in [0.5, 0.6) is 0 Å². The molecule has 474 valence electrons. The third kappa shape index (κ3) is 13.1. The molecule has 0 atom stereocenters. The van der Waals surface area contributed by atoms with Crippen LogP contribution >= 0.6 is 0 Å². The Morgan fingerprint density at radius 3 is 1.39 bits per heavy atom. The van der Waals surface area contributed by atoms with Gasteiger partial charge in [-0.05, 0) is 191 Å². The van der Waals surface area contributed by atoms with E-state index in [-0.39, 0.29) is 0 Å². The lowest BCUT2D eigenvalue weighted by molar-refractivity contribution is 0.616. The molecule has 0 aliphatic heterocycles. The molecule has 0 saturated heterocycles. The number of hydrogen-bond acceptors (Lipinski definition) is 8. The molecule has 2 aliphatic carbocycles. The molecule has 14 aromatic carbocycles. The van der Waals surface area contributed by atoms with E-state index < -0.39 is 0 Å². The second-order valence-electron chi connectivity index (χ2n) is 24.3. The lowest BCUT2D eigenvalue weighted by Gasteiger charge is -2.26. The van der Waals surface area contributed by atoms with E-state index in [1.54, 1.807) is 18.7 Å². The lowest BCUT2D eigenvalue weighted by atomic mass is 9.77. The highest BCUT2D eigenvalue weighted by Crippen LogP contribution is 2.48. The van der Waals surface area contributed by atoms with Gasteiger partial charge < -0.3 is 9.40 Å². The molecule has 0 saturated carbocycles. The van der Waals surface area contributed by atoms with Gasteiger partial charge in [-0.1, -0.05) is 218 Å². The number of rotatable bonds is 0. The highest BCUT2D eigenvalue weighted by molar-refractivity contribution is 6.35. The minimum Gasteiger partial charge on any atom is -0.464 e. The lowest BCUT2D eigenvalue weighted by Crippen LogP contribution is -2.13. The van der Waals surface area contributed by atoms with Gasteiger partial charge in [-0.15, -0.1) is 0 Å². The smallest absolute Gasteiger partial charge is 0.133 e. The molecular weight excluding hydrogens is 1220 g/mol. The zero-order valence-electron chi connectivity index (χ0n) is 54.5. The summed E-state index contributed by atoms with van der Waals surface area (Å²) in [6.45, 7) is 0. The fraction of sp³-hybridized carbons (Fsp3) is 0.0220. The van der Waals surface area contributed by atoms with E-state index in [0.29, 0.717) is 0 Å². The maximum atomic E-state index is 5.12. The van der Waals surface area contributed by atoms with E-state index in [4.69, 9.17) is 4.42 Å². The van der Waals surface area contributed by atoms with Crippen molar-refractivity contribution in [1.82, 2.24) is 39.9 Å². The topological polar surface area (TPSA) is 119 Å². The molecule has 7 aromatic heterocycles. The van der Waals surface area contributed by atoms with Crippen molar-refractivity contribution >= 4 is 153 Å². The predicted molar refractivity (Wildman–Crippen MR) is 417 cm³/mol. The maximum absolute atomic E-state index is 5.12. The largest absolute Gasteiger partial charge is 0.464 e. The van der Waals surface area contributed by atoms with Gasteiger partial charge in [0.2, 0.25) is 0 Å². The average Bonchev–Trinajstić information content (AvgIpc) is 0.779. The summed E-state index contributed by atoms with van der Waals surface area (Å²) in [6.07, 6.45) is 19.5. The van der Waals surface area contributed by atoms with Crippen LogP contribution in [0.25, 0.3) is 153 Å². The van der Waals surface area contributed by atoms with Gasteiger partial charge in [-0.3, -0.25) is 19.9 Å². The van der Waals surface area contributed by atoms with Gasteiger partial charge in [0.15, 0.2) is 0 Å². The van der Waals surface area contributed by atoms with Gasteiger partial charge in [-0.25, -0.2) is 15.0 Å². The Hall–Kier alpha value is -13.4. The summed E-state index contributed by atoms with van der Waals surface area (Å²) in [5.74, 6) is 0. The molecule has 0 bridgehead atoms. The number of allylic oxidation sites excluding steroid dienone is 2. The Bertz CT molecular complexity index is 5720. The zero-order chi connectivity index (χ0) is 66.8. The highest BCUT2D eigenvalue weighted by atomic mass is 16.3. The van der Waals surface area contributed by atoms with E-state index in [2.05, 4.69) is 161 Å². The van der Waals surface area contributed by atoms with E-state index in [9.17, 15) is 0 Å². The summed E-state index contributed by atoms with van der Waals surface area (Å²) in [5.41, 5.74) is 15.6. The fourth-order valence-electron chi connectivity index (χ4n) is 13.3. The Balaban J connectivity index is 0.0000000915. The van der Waals surface area contributed by atoms with Gasteiger partial charge in [0.25, 0.3) is 0 Å². The first-order valence-electron chi connectivity index (χ1n) is 33.5. The van der Waals surface area contributed by atoms with Crippen molar-refractivity contribution < 1.29 is 4.42 Å². The van der Waals surface area contributed by atoms with Crippen LogP contribution in [0, 0.1) is 0 Å². The predicted octanol–water partition coefficient (Wildman–Crippen LogP) is 22.5. The third-order valence-corrected chi connectivity index (χ3v) is 18.1. The number of H-pyrrole nitrogens is 1. The van der Waals surface area contributed by atoms with Gasteiger partial charge in [0.1, 0.15) is 5.58 Å². The van der Waals surface area contributed by atoms with Crippen LogP contribution < -0.4 is 5.22 Å². The SMILES string of the molecule is C1=C2CC=c3ccc4ccc5ccc6ccc(c7c2c3c4c5c67)C1.c1ccc2[nH]ccc2c1.c1ccc2cnccc2c1.c1ccc2nc3ccccc3cc2c1.c1ccc2nc3ccccc3nc2c1.c1ccc2ncccc2c1.c1ccc2nccnc2c1.c1ccc2occc2c1. The summed E-state index contributed by atoms with van der Waals surface area (Å²) in [6, 6.07) is 103. The Kier molecular flexibility index (Phi) is 17.5.